The van der Waals surface area contributed by atoms with Gasteiger partial charge in [-0.15, -0.1) is 24.0 Å². The van der Waals surface area contributed by atoms with Gasteiger partial charge in [0.05, 0.1) is 0 Å². The Morgan fingerprint density at radius 3 is 2.42 bits per heavy atom. The maximum Gasteiger partial charge on any atom is 0.191 e. The molecule has 0 radical (unpaired) electrons. The molecule has 2 aromatic carbocycles. The summed E-state index contributed by atoms with van der Waals surface area (Å²) in [7, 11) is 1.77. The molecular formula is C19H23ClIN3O2. The Balaban J connectivity index is 0.00000243. The molecule has 0 saturated carbocycles. The van der Waals surface area contributed by atoms with Crippen LogP contribution in [0.3, 0.4) is 0 Å². The molecule has 0 amide bonds. The van der Waals surface area contributed by atoms with Crippen molar-refractivity contribution < 1.29 is 9.47 Å². The van der Waals surface area contributed by atoms with E-state index in [1.807, 2.05) is 36.4 Å². The number of benzene rings is 2. The maximum atomic E-state index is 5.90. The molecule has 0 bridgehead atoms. The predicted molar refractivity (Wildman–Crippen MR) is 116 cm³/mol. The summed E-state index contributed by atoms with van der Waals surface area (Å²) in [4.78, 5) is 4.25. The minimum atomic E-state index is 0. The lowest BCUT2D eigenvalue weighted by Crippen LogP contribution is -2.37. The molecular weight excluding hydrogens is 465 g/mol. The molecule has 1 aliphatic heterocycles. The van der Waals surface area contributed by atoms with Crippen molar-refractivity contribution in [3.8, 4) is 11.5 Å². The first-order valence-electron chi connectivity index (χ1n) is 8.32. The number of nitrogens with zero attached hydrogens (tertiary/aromatic N) is 1. The molecule has 0 spiro atoms. The molecule has 5 nitrogen and oxygen atoms in total. The molecule has 2 aromatic rings. The Hall–Kier alpha value is -1.67. The van der Waals surface area contributed by atoms with Crippen LogP contribution in [0.4, 0.5) is 0 Å². The van der Waals surface area contributed by atoms with E-state index in [0.29, 0.717) is 19.8 Å². The molecule has 3 rings (SSSR count). The molecule has 7 heteroatoms. The lowest BCUT2D eigenvalue weighted by Gasteiger charge is -2.19. The number of aliphatic imine (C=N–C) groups is 1. The van der Waals surface area contributed by atoms with Gasteiger partial charge in [0.15, 0.2) is 17.5 Å². The summed E-state index contributed by atoms with van der Waals surface area (Å²) >= 11 is 5.90. The van der Waals surface area contributed by atoms with Gasteiger partial charge in [-0.2, -0.15) is 0 Å². The van der Waals surface area contributed by atoms with Gasteiger partial charge in [-0.05, 0) is 41.8 Å². The number of hydrogen-bond acceptors (Lipinski definition) is 3. The zero-order valence-electron chi connectivity index (χ0n) is 14.6. The molecule has 140 valence electrons. The summed E-state index contributed by atoms with van der Waals surface area (Å²) in [5.74, 6) is 2.42. The maximum absolute atomic E-state index is 5.90. The predicted octanol–water partition coefficient (Wildman–Crippen LogP) is 3.64. The zero-order valence-corrected chi connectivity index (χ0v) is 17.7. The number of ether oxygens (including phenoxy) is 2. The number of halogens is 2. The van der Waals surface area contributed by atoms with E-state index in [1.165, 1.54) is 5.56 Å². The van der Waals surface area contributed by atoms with Crippen LogP contribution in [0.5, 0.6) is 11.5 Å². The lowest BCUT2D eigenvalue weighted by atomic mass is 10.1. The van der Waals surface area contributed by atoms with Crippen molar-refractivity contribution in [2.24, 2.45) is 4.99 Å². The molecule has 1 heterocycles. The number of hydrogen-bond donors (Lipinski definition) is 2. The van der Waals surface area contributed by atoms with Gasteiger partial charge in [0, 0.05) is 25.2 Å². The average Bonchev–Trinajstić information content (AvgIpc) is 2.65. The summed E-state index contributed by atoms with van der Waals surface area (Å²) in [6, 6.07) is 13.8. The van der Waals surface area contributed by atoms with Crippen LogP contribution in [-0.4, -0.2) is 32.8 Å². The zero-order chi connectivity index (χ0) is 17.5. The van der Waals surface area contributed by atoms with E-state index in [-0.39, 0.29) is 24.0 Å². The lowest BCUT2D eigenvalue weighted by molar-refractivity contribution is 0.171. The second-order valence-electron chi connectivity index (χ2n) is 5.71. The number of rotatable bonds is 5. The van der Waals surface area contributed by atoms with Crippen molar-refractivity contribution in [1.29, 1.82) is 0 Å². The van der Waals surface area contributed by atoms with Gasteiger partial charge >= 0.3 is 0 Å². The van der Waals surface area contributed by atoms with Crippen molar-refractivity contribution in [3.63, 3.8) is 0 Å². The van der Waals surface area contributed by atoms with E-state index in [9.17, 15) is 0 Å². The Morgan fingerprint density at radius 2 is 1.69 bits per heavy atom. The van der Waals surface area contributed by atoms with Gasteiger partial charge in [-0.3, -0.25) is 4.99 Å². The summed E-state index contributed by atoms with van der Waals surface area (Å²) in [6.45, 7) is 2.69. The number of nitrogens with one attached hydrogen (secondary N) is 2. The van der Waals surface area contributed by atoms with Crippen LogP contribution in [-0.2, 0) is 13.0 Å². The SMILES string of the molecule is CN=C(NCCc1ccc2c(c1)OCCO2)NCc1ccc(Cl)cc1.I. The normalized spacial score (nSPS) is 12.9. The van der Waals surface area contributed by atoms with E-state index in [1.54, 1.807) is 7.05 Å². The Bertz CT molecular complexity index is 738. The second-order valence-corrected chi connectivity index (χ2v) is 6.14. The van der Waals surface area contributed by atoms with E-state index in [2.05, 4.69) is 21.7 Å². The summed E-state index contributed by atoms with van der Waals surface area (Å²) in [5.41, 5.74) is 2.35. The molecule has 1 aliphatic rings. The third kappa shape index (κ3) is 5.95. The highest BCUT2D eigenvalue weighted by atomic mass is 127. The first-order valence-corrected chi connectivity index (χ1v) is 8.70. The van der Waals surface area contributed by atoms with Gasteiger partial charge < -0.3 is 20.1 Å². The highest BCUT2D eigenvalue weighted by Gasteiger charge is 2.11. The van der Waals surface area contributed by atoms with Crippen molar-refractivity contribution in [1.82, 2.24) is 10.6 Å². The minimum Gasteiger partial charge on any atom is -0.486 e. The van der Waals surface area contributed by atoms with Crippen molar-refractivity contribution in [2.75, 3.05) is 26.8 Å². The van der Waals surface area contributed by atoms with E-state index in [4.69, 9.17) is 21.1 Å². The van der Waals surface area contributed by atoms with Crippen LogP contribution in [0.25, 0.3) is 0 Å². The van der Waals surface area contributed by atoms with Crippen LogP contribution in [0.15, 0.2) is 47.5 Å². The van der Waals surface area contributed by atoms with Crippen LogP contribution in [0.2, 0.25) is 5.02 Å². The second kappa shape index (κ2) is 10.5. The largest absolute Gasteiger partial charge is 0.486 e. The Kier molecular flexibility index (Phi) is 8.31. The molecule has 0 unspecified atom stereocenters. The Labute approximate surface area is 176 Å². The van der Waals surface area contributed by atoms with Crippen LogP contribution < -0.4 is 20.1 Å². The van der Waals surface area contributed by atoms with Gasteiger partial charge in [0.1, 0.15) is 13.2 Å². The highest BCUT2D eigenvalue weighted by Crippen LogP contribution is 2.30. The summed E-state index contributed by atoms with van der Waals surface area (Å²) in [6.07, 6.45) is 0.873. The fourth-order valence-corrected chi connectivity index (χ4v) is 2.70. The minimum absolute atomic E-state index is 0. The standard InChI is InChI=1S/C19H22ClN3O2.HI/c1-21-19(23-13-15-2-5-16(20)6-3-15)22-9-8-14-4-7-17-18(12-14)25-11-10-24-17;/h2-7,12H,8-11,13H2,1H3,(H2,21,22,23);1H. The Morgan fingerprint density at radius 1 is 1.00 bits per heavy atom. The fourth-order valence-electron chi connectivity index (χ4n) is 2.58. The number of fused-ring (bicyclic) bond motifs is 1. The van der Waals surface area contributed by atoms with Crippen molar-refractivity contribution >= 4 is 41.5 Å². The van der Waals surface area contributed by atoms with Crippen LogP contribution in [0.1, 0.15) is 11.1 Å². The van der Waals surface area contributed by atoms with Gasteiger partial charge in [-0.25, -0.2) is 0 Å². The van der Waals surface area contributed by atoms with Gasteiger partial charge in [-0.1, -0.05) is 29.8 Å². The van der Waals surface area contributed by atoms with Crippen molar-refractivity contribution in [2.45, 2.75) is 13.0 Å². The third-order valence-electron chi connectivity index (χ3n) is 3.91. The first kappa shape index (κ1) is 20.6. The molecule has 0 saturated heterocycles. The highest BCUT2D eigenvalue weighted by molar-refractivity contribution is 14.0. The molecule has 2 N–H and O–H groups in total. The number of guanidine groups is 1. The summed E-state index contributed by atoms with van der Waals surface area (Å²) in [5, 5.41) is 7.35. The van der Waals surface area contributed by atoms with Crippen LogP contribution >= 0.6 is 35.6 Å². The van der Waals surface area contributed by atoms with Crippen LogP contribution in [0, 0.1) is 0 Å². The van der Waals surface area contributed by atoms with E-state index in [0.717, 1.165) is 41.0 Å². The molecule has 0 fully saturated rings. The summed E-state index contributed by atoms with van der Waals surface area (Å²) < 4.78 is 11.2. The third-order valence-corrected chi connectivity index (χ3v) is 4.16. The first-order chi connectivity index (χ1) is 12.2. The molecule has 0 atom stereocenters. The topological polar surface area (TPSA) is 54.9 Å². The van der Waals surface area contributed by atoms with Crippen molar-refractivity contribution in [3.05, 3.63) is 58.6 Å². The van der Waals surface area contributed by atoms with Gasteiger partial charge in [0.2, 0.25) is 0 Å². The van der Waals surface area contributed by atoms with E-state index < -0.39 is 0 Å². The molecule has 0 aliphatic carbocycles. The van der Waals surface area contributed by atoms with E-state index >= 15 is 0 Å². The monoisotopic (exact) mass is 487 g/mol. The average molecular weight is 488 g/mol. The van der Waals surface area contributed by atoms with Gasteiger partial charge in [0.25, 0.3) is 0 Å². The smallest absolute Gasteiger partial charge is 0.191 e. The molecule has 26 heavy (non-hydrogen) atoms. The quantitative estimate of drug-likeness (QED) is 0.384. The fraction of sp³-hybridized carbons (Fsp3) is 0.316. The molecule has 0 aromatic heterocycles.